The molecular weight excluding hydrogens is 406 g/mol. The van der Waals surface area contributed by atoms with Crippen molar-refractivity contribution in [1.82, 2.24) is 10.6 Å². The van der Waals surface area contributed by atoms with Crippen molar-refractivity contribution in [3.63, 3.8) is 0 Å². The van der Waals surface area contributed by atoms with Gasteiger partial charge in [-0.15, -0.1) is 0 Å². The number of fused-ring (bicyclic) bond motifs is 1. The number of carbonyl (C=O) groups is 2. The fourth-order valence-corrected chi connectivity index (χ4v) is 7.35. The molecule has 7 heteroatoms. The lowest BCUT2D eigenvalue weighted by Crippen LogP contribution is -2.61. The standard InChI is InChI=1S/C25H33N3O4/c29-22(27-19-3-4-20-21(12-19)32-25(31-20)6-1-2-7-25)5-8-26-23(30)28-24-13-16-9-17(14-24)11-18(10-16)15-24/h3-4,12,16-18H,1-2,5-11,13-15H2,(H,27,29)(H2,26,28,30). The van der Waals surface area contributed by atoms with Crippen LogP contribution in [0.1, 0.15) is 70.6 Å². The summed E-state index contributed by atoms with van der Waals surface area (Å²) in [6.45, 7) is 0.317. The molecule has 7 rings (SSSR count). The number of amides is 3. The summed E-state index contributed by atoms with van der Waals surface area (Å²) >= 11 is 0. The molecule has 3 amide bonds. The third kappa shape index (κ3) is 3.80. The van der Waals surface area contributed by atoms with Crippen molar-refractivity contribution in [2.75, 3.05) is 11.9 Å². The molecule has 0 unspecified atom stereocenters. The second kappa shape index (κ2) is 7.56. The molecule has 1 spiro atoms. The van der Waals surface area contributed by atoms with E-state index in [1.807, 2.05) is 18.2 Å². The quantitative estimate of drug-likeness (QED) is 0.637. The number of carbonyl (C=O) groups excluding carboxylic acids is 2. The summed E-state index contributed by atoms with van der Waals surface area (Å²) < 4.78 is 12.1. The van der Waals surface area contributed by atoms with E-state index in [9.17, 15) is 9.59 Å². The molecule has 3 N–H and O–H groups in total. The van der Waals surface area contributed by atoms with E-state index in [1.54, 1.807) is 0 Å². The molecule has 5 aliphatic carbocycles. The van der Waals surface area contributed by atoms with Gasteiger partial charge in [-0.3, -0.25) is 4.79 Å². The van der Waals surface area contributed by atoms with Gasteiger partial charge in [0.25, 0.3) is 5.79 Å². The highest BCUT2D eigenvalue weighted by Gasteiger charge is 2.51. The number of urea groups is 1. The van der Waals surface area contributed by atoms with Crippen molar-refractivity contribution in [3.05, 3.63) is 18.2 Å². The Morgan fingerprint density at radius 2 is 1.59 bits per heavy atom. The Hall–Kier alpha value is -2.44. The van der Waals surface area contributed by atoms with Gasteiger partial charge in [-0.05, 0) is 81.3 Å². The topological polar surface area (TPSA) is 88.7 Å². The number of ether oxygens (including phenoxy) is 2. The van der Waals surface area contributed by atoms with E-state index in [-0.39, 0.29) is 23.9 Å². The molecule has 1 aromatic carbocycles. The van der Waals surface area contributed by atoms with Crippen LogP contribution in [-0.2, 0) is 4.79 Å². The number of nitrogens with one attached hydrogen (secondary N) is 3. The van der Waals surface area contributed by atoms with Gasteiger partial charge in [0.05, 0.1) is 0 Å². The van der Waals surface area contributed by atoms with Gasteiger partial charge in [0.1, 0.15) is 0 Å². The Morgan fingerprint density at radius 3 is 2.28 bits per heavy atom. The van der Waals surface area contributed by atoms with Gasteiger partial charge in [-0.25, -0.2) is 4.79 Å². The lowest BCUT2D eigenvalue weighted by atomic mass is 9.53. The molecule has 1 heterocycles. The number of rotatable bonds is 5. The lowest BCUT2D eigenvalue weighted by Gasteiger charge is -2.56. The molecule has 4 bridgehead atoms. The molecule has 7 nitrogen and oxygen atoms in total. The molecule has 0 saturated heterocycles. The zero-order chi connectivity index (χ0) is 21.8. The van der Waals surface area contributed by atoms with Gasteiger partial charge in [0, 0.05) is 43.1 Å². The zero-order valence-corrected chi connectivity index (χ0v) is 18.6. The molecule has 0 atom stereocenters. The highest BCUT2D eigenvalue weighted by molar-refractivity contribution is 5.91. The third-order valence-corrected chi connectivity index (χ3v) is 8.24. The smallest absolute Gasteiger partial charge is 0.315 e. The molecule has 1 aromatic rings. The lowest BCUT2D eigenvalue weighted by molar-refractivity contribution is -0.116. The maximum Gasteiger partial charge on any atom is 0.315 e. The Bertz CT molecular complexity index is 888. The van der Waals surface area contributed by atoms with Crippen molar-refractivity contribution < 1.29 is 19.1 Å². The minimum Gasteiger partial charge on any atom is -0.448 e. The van der Waals surface area contributed by atoms with Crippen molar-refractivity contribution >= 4 is 17.6 Å². The molecule has 6 aliphatic rings. The zero-order valence-electron chi connectivity index (χ0n) is 18.6. The van der Waals surface area contributed by atoms with Gasteiger partial charge in [0.2, 0.25) is 5.91 Å². The highest BCUT2D eigenvalue weighted by Crippen LogP contribution is 2.55. The first-order chi connectivity index (χ1) is 15.5. The van der Waals surface area contributed by atoms with E-state index >= 15 is 0 Å². The van der Waals surface area contributed by atoms with Crippen LogP contribution in [-0.4, -0.2) is 29.8 Å². The van der Waals surface area contributed by atoms with Crippen LogP contribution in [0.5, 0.6) is 11.5 Å². The summed E-state index contributed by atoms with van der Waals surface area (Å²) in [4.78, 5) is 24.9. The van der Waals surface area contributed by atoms with Crippen LogP contribution >= 0.6 is 0 Å². The minimum atomic E-state index is -0.501. The molecule has 0 radical (unpaired) electrons. The number of anilines is 1. The first-order valence-electron chi connectivity index (χ1n) is 12.4. The van der Waals surface area contributed by atoms with Crippen LogP contribution in [0.25, 0.3) is 0 Å². The SMILES string of the molecule is O=C(CCNC(=O)NC12CC3CC(CC(C3)C1)C2)Nc1ccc2c(c1)OC1(CCCC1)O2. The second-order valence-corrected chi connectivity index (χ2v) is 10.9. The first kappa shape index (κ1) is 20.2. The molecule has 5 saturated carbocycles. The van der Waals surface area contributed by atoms with Gasteiger partial charge < -0.3 is 25.4 Å². The average molecular weight is 440 g/mol. The van der Waals surface area contributed by atoms with E-state index in [1.165, 1.54) is 19.3 Å². The van der Waals surface area contributed by atoms with Crippen molar-refractivity contribution in [1.29, 1.82) is 0 Å². The normalized spacial score (nSPS) is 32.8. The predicted molar refractivity (Wildman–Crippen MR) is 120 cm³/mol. The predicted octanol–water partition coefficient (Wildman–Crippen LogP) is 4.32. The molecule has 172 valence electrons. The fourth-order valence-electron chi connectivity index (χ4n) is 7.35. The minimum absolute atomic E-state index is 0.00966. The maximum atomic E-state index is 12.5. The molecule has 1 aliphatic heterocycles. The van der Waals surface area contributed by atoms with Crippen LogP contribution in [0, 0.1) is 17.8 Å². The van der Waals surface area contributed by atoms with E-state index in [2.05, 4.69) is 16.0 Å². The summed E-state index contributed by atoms with van der Waals surface area (Å²) in [7, 11) is 0. The van der Waals surface area contributed by atoms with Crippen LogP contribution in [0.4, 0.5) is 10.5 Å². The fraction of sp³-hybridized carbons (Fsp3) is 0.680. The molecule has 0 aromatic heterocycles. The third-order valence-electron chi connectivity index (χ3n) is 8.24. The summed E-state index contributed by atoms with van der Waals surface area (Å²) in [6.07, 6.45) is 11.7. The Labute approximate surface area is 189 Å². The van der Waals surface area contributed by atoms with Crippen LogP contribution in [0.15, 0.2) is 18.2 Å². The Balaban J connectivity index is 0.969. The molecule has 5 fully saturated rings. The largest absolute Gasteiger partial charge is 0.448 e. The van der Waals surface area contributed by atoms with E-state index < -0.39 is 5.79 Å². The summed E-state index contributed by atoms with van der Waals surface area (Å²) in [5.74, 6) is 3.17. The Morgan fingerprint density at radius 1 is 0.938 bits per heavy atom. The monoisotopic (exact) mass is 439 g/mol. The molecule has 32 heavy (non-hydrogen) atoms. The van der Waals surface area contributed by atoms with Crippen molar-refractivity contribution in [2.24, 2.45) is 17.8 Å². The van der Waals surface area contributed by atoms with Gasteiger partial charge in [-0.2, -0.15) is 0 Å². The van der Waals surface area contributed by atoms with Crippen molar-refractivity contribution in [3.8, 4) is 11.5 Å². The first-order valence-corrected chi connectivity index (χ1v) is 12.4. The summed E-state index contributed by atoms with van der Waals surface area (Å²) in [6, 6.07) is 5.38. The number of benzene rings is 1. The van der Waals surface area contributed by atoms with Crippen molar-refractivity contribution in [2.45, 2.75) is 82.0 Å². The van der Waals surface area contributed by atoms with Gasteiger partial charge in [0.15, 0.2) is 11.5 Å². The van der Waals surface area contributed by atoms with Gasteiger partial charge >= 0.3 is 6.03 Å². The van der Waals surface area contributed by atoms with Crippen LogP contribution in [0.3, 0.4) is 0 Å². The summed E-state index contributed by atoms with van der Waals surface area (Å²) in [5, 5.41) is 9.09. The van der Waals surface area contributed by atoms with Gasteiger partial charge in [-0.1, -0.05) is 0 Å². The second-order valence-electron chi connectivity index (χ2n) is 10.9. The molecular formula is C25H33N3O4. The van der Waals surface area contributed by atoms with E-state index in [4.69, 9.17) is 9.47 Å². The Kier molecular flexibility index (Phi) is 4.77. The maximum absolute atomic E-state index is 12.5. The van der Waals surface area contributed by atoms with E-state index in [0.29, 0.717) is 18.0 Å². The number of hydrogen-bond donors (Lipinski definition) is 3. The number of hydrogen-bond acceptors (Lipinski definition) is 4. The highest BCUT2D eigenvalue weighted by atomic mass is 16.7. The van der Waals surface area contributed by atoms with E-state index in [0.717, 1.165) is 68.4 Å². The average Bonchev–Trinajstić information content (AvgIpc) is 3.32. The summed E-state index contributed by atoms with van der Waals surface area (Å²) in [5.41, 5.74) is 0.676. The van der Waals surface area contributed by atoms with Crippen LogP contribution < -0.4 is 25.4 Å². The van der Waals surface area contributed by atoms with Crippen LogP contribution in [0.2, 0.25) is 0 Å².